The zero-order valence-electron chi connectivity index (χ0n) is 11.5. The second-order valence-electron chi connectivity index (χ2n) is 4.44. The number of halogens is 2. The fourth-order valence-electron chi connectivity index (χ4n) is 1.85. The zero-order chi connectivity index (χ0) is 17.0. The van der Waals surface area contributed by atoms with Gasteiger partial charge in [0.15, 0.2) is 0 Å². The van der Waals surface area contributed by atoms with Crippen molar-refractivity contribution in [1.82, 2.24) is 0 Å². The summed E-state index contributed by atoms with van der Waals surface area (Å²) >= 11 is 5.92. The van der Waals surface area contributed by atoms with E-state index in [-0.39, 0.29) is 27.4 Å². The van der Waals surface area contributed by atoms with Crippen molar-refractivity contribution in [1.29, 1.82) is 5.26 Å². The van der Waals surface area contributed by atoms with Crippen LogP contribution >= 0.6 is 11.6 Å². The summed E-state index contributed by atoms with van der Waals surface area (Å²) < 4.78 is 13.7. The Balaban J connectivity index is 2.50. The standard InChI is InChI=1S/C16H8ClFN2O3/c17-14-6-5-12(20(22)23)8-10(14)7-11(9-19)16(21)13-3-1-2-4-15(13)18/h1-8H/b11-7+. The summed E-state index contributed by atoms with van der Waals surface area (Å²) in [6, 6.07) is 10.5. The first-order valence-electron chi connectivity index (χ1n) is 6.29. The molecule has 2 aromatic carbocycles. The van der Waals surface area contributed by atoms with Gasteiger partial charge in [-0.05, 0) is 24.3 Å². The van der Waals surface area contributed by atoms with Crippen LogP contribution in [0.1, 0.15) is 15.9 Å². The van der Waals surface area contributed by atoms with Crippen molar-refractivity contribution in [3.8, 4) is 6.07 Å². The number of hydrogen-bond acceptors (Lipinski definition) is 4. The molecule has 0 fully saturated rings. The summed E-state index contributed by atoms with van der Waals surface area (Å²) in [5.41, 5.74) is -0.752. The average molecular weight is 331 g/mol. The lowest BCUT2D eigenvalue weighted by Gasteiger charge is -2.03. The quantitative estimate of drug-likeness (QED) is 0.277. The summed E-state index contributed by atoms with van der Waals surface area (Å²) in [6.45, 7) is 0. The highest BCUT2D eigenvalue weighted by atomic mass is 35.5. The Bertz CT molecular complexity index is 872. The third-order valence-electron chi connectivity index (χ3n) is 2.97. The second-order valence-corrected chi connectivity index (χ2v) is 4.85. The van der Waals surface area contributed by atoms with Crippen molar-refractivity contribution >= 4 is 29.1 Å². The van der Waals surface area contributed by atoms with Crippen molar-refractivity contribution in [2.45, 2.75) is 0 Å². The lowest BCUT2D eigenvalue weighted by Crippen LogP contribution is -2.04. The van der Waals surface area contributed by atoms with Crippen molar-refractivity contribution < 1.29 is 14.1 Å². The van der Waals surface area contributed by atoms with E-state index in [1.165, 1.54) is 30.3 Å². The van der Waals surface area contributed by atoms with E-state index in [1.807, 2.05) is 0 Å². The maximum atomic E-state index is 13.7. The van der Waals surface area contributed by atoms with Crippen LogP contribution in [0.2, 0.25) is 5.02 Å². The van der Waals surface area contributed by atoms with Crippen LogP contribution in [0.5, 0.6) is 0 Å². The number of benzene rings is 2. The lowest BCUT2D eigenvalue weighted by molar-refractivity contribution is -0.384. The predicted octanol–water partition coefficient (Wildman–Crippen LogP) is 4.18. The Labute approximate surface area is 135 Å². The predicted molar refractivity (Wildman–Crippen MR) is 82.4 cm³/mol. The minimum atomic E-state index is -0.826. The molecule has 2 aromatic rings. The number of ketones is 1. The van der Waals surface area contributed by atoms with E-state index in [0.717, 1.165) is 18.2 Å². The molecule has 0 aliphatic rings. The van der Waals surface area contributed by atoms with Crippen molar-refractivity contribution in [2.75, 3.05) is 0 Å². The number of nitriles is 1. The number of nitro groups is 1. The zero-order valence-corrected chi connectivity index (χ0v) is 12.2. The normalized spacial score (nSPS) is 10.9. The molecule has 0 aliphatic heterocycles. The highest BCUT2D eigenvalue weighted by molar-refractivity contribution is 6.32. The lowest BCUT2D eigenvalue weighted by atomic mass is 10.0. The molecule has 23 heavy (non-hydrogen) atoms. The second kappa shape index (κ2) is 6.81. The number of nitrogens with zero attached hydrogens (tertiary/aromatic N) is 2. The summed E-state index contributed by atoms with van der Waals surface area (Å²) in [5.74, 6) is -1.59. The van der Waals surface area contributed by atoms with Gasteiger partial charge in [0.1, 0.15) is 17.5 Å². The van der Waals surface area contributed by atoms with Gasteiger partial charge in [0.25, 0.3) is 5.69 Å². The fourth-order valence-corrected chi connectivity index (χ4v) is 2.02. The number of carbonyl (C=O) groups excluding carboxylic acids is 1. The Hall–Kier alpha value is -3.04. The summed E-state index contributed by atoms with van der Waals surface area (Å²) in [4.78, 5) is 22.4. The van der Waals surface area contributed by atoms with Crippen LogP contribution in [0.15, 0.2) is 48.0 Å². The van der Waals surface area contributed by atoms with Crippen LogP contribution in [0, 0.1) is 27.3 Å². The summed E-state index contributed by atoms with van der Waals surface area (Å²) in [6.07, 6.45) is 1.10. The number of hydrogen-bond donors (Lipinski definition) is 0. The van der Waals surface area contributed by atoms with E-state index < -0.39 is 16.5 Å². The number of allylic oxidation sites excluding steroid dienone is 1. The molecule has 0 heterocycles. The first-order valence-corrected chi connectivity index (χ1v) is 6.67. The van der Waals surface area contributed by atoms with E-state index in [9.17, 15) is 19.3 Å². The minimum Gasteiger partial charge on any atom is -0.288 e. The topological polar surface area (TPSA) is 84.0 Å². The van der Waals surface area contributed by atoms with Gasteiger partial charge >= 0.3 is 0 Å². The minimum absolute atomic E-state index is 0.127. The van der Waals surface area contributed by atoms with Crippen molar-refractivity contribution in [3.05, 3.63) is 80.1 Å². The molecule has 5 nitrogen and oxygen atoms in total. The van der Waals surface area contributed by atoms with E-state index in [2.05, 4.69) is 0 Å². The number of non-ortho nitro benzene ring substituents is 1. The average Bonchev–Trinajstić information content (AvgIpc) is 2.53. The maximum Gasteiger partial charge on any atom is 0.270 e. The molecule has 0 saturated carbocycles. The summed E-state index contributed by atoms with van der Waals surface area (Å²) in [7, 11) is 0. The molecular formula is C16H8ClFN2O3. The molecule has 7 heteroatoms. The first kappa shape index (κ1) is 16.3. The van der Waals surface area contributed by atoms with Gasteiger partial charge < -0.3 is 0 Å². The fraction of sp³-hybridized carbons (Fsp3) is 0. The Morgan fingerprint density at radius 3 is 2.61 bits per heavy atom. The third-order valence-corrected chi connectivity index (χ3v) is 3.32. The molecule has 0 saturated heterocycles. The SMILES string of the molecule is N#C/C(=C\c1cc([N+](=O)[O-])ccc1Cl)C(=O)c1ccccc1F. The number of rotatable bonds is 4. The molecule has 0 N–H and O–H groups in total. The molecular weight excluding hydrogens is 323 g/mol. The van der Waals surface area contributed by atoms with Gasteiger partial charge in [0, 0.05) is 22.7 Å². The van der Waals surface area contributed by atoms with E-state index in [4.69, 9.17) is 16.9 Å². The third kappa shape index (κ3) is 3.59. The van der Waals surface area contributed by atoms with Crippen LogP contribution < -0.4 is 0 Å². The molecule has 0 aliphatic carbocycles. The Kier molecular flexibility index (Phi) is 4.84. The van der Waals surface area contributed by atoms with Gasteiger partial charge in [-0.2, -0.15) is 5.26 Å². The van der Waals surface area contributed by atoms with E-state index in [1.54, 1.807) is 6.07 Å². The van der Waals surface area contributed by atoms with Gasteiger partial charge in [-0.1, -0.05) is 23.7 Å². The largest absolute Gasteiger partial charge is 0.288 e. The summed E-state index contributed by atoms with van der Waals surface area (Å²) in [5, 5.41) is 20.1. The maximum absolute atomic E-state index is 13.7. The molecule has 0 unspecified atom stereocenters. The first-order chi connectivity index (χ1) is 10.9. The molecule has 0 amide bonds. The number of Topliss-reactive ketones (excluding diaryl/α,β-unsaturated/α-hetero) is 1. The van der Waals surface area contributed by atoms with Gasteiger partial charge in [-0.25, -0.2) is 4.39 Å². The Morgan fingerprint density at radius 1 is 1.30 bits per heavy atom. The van der Waals surface area contributed by atoms with Crippen LogP contribution in [0.4, 0.5) is 10.1 Å². The smallest absolute Gasteiger partial charge is 0.270 e. The Morgan fingerprint density at radius 2 is 2.00 bits per heavy atom. The molecule has 0 radical (unpaired) electrons. The van der Waals surface area contributed by atoms with Crippen LogP contribution in [-0.2, 0) is 0 Å². The van der Waals surface area contributed by atoms with Gasteiger partial charge in [-0.3, -0.25) is 14.9 Å². The number of carbonyl (C=O) groups is 1. The number of nitro benzene ring substituents is 1. The molecule has 0 bridgehead atoms. The van der Waals surface area contributed by atoms with Gasteiger partial charge in [0.05, 0.1) is 10.5 Å². The van der Waals surface area contributed by atoms with Crippen LogP contribution in [0.25, 0.3) is 6.08 Å². The van der Waals surface area contributed by atoms with Crippen LogP contribution in [0.3, 0.4) is 0 Å². The van der Waals surface area contributed by atoms with E-state index in [0.29, 0.717) is 0 Å². The van der Waals surface area contributed by atoms with Gasteiger partial charge in [-0.15, -0.1) is 0 Å². The highest BCUT2D eigenvalue weighted by Crippen LogP contribution is 2.25. The van der Waals surface area contributed by atoms with Crippen molar-refractivity contribution in [3.63, 3.8) is 0 Å². The van der Waals surface area contributed by atoms with E-state index >= 15 is 0 Å². The van der Waals surface area contributed by atoms with Gasteiger partial charge in [0.2, 0.25) is 5.78 Å². The molecule has 0 atom stereocenters. The molecule has 0 aromatic heterocycles. The molecule has 0 spiro atoms. The highest BCUT2D eigenvalue weighted by Gasteiger charge is 2.17. The molecule has 2 rings (SSSR count). The molecule has 114 valence electrons. The monoisotopic (exact) mass is 330 g/mol. The van der Waals surface area contributed by atoms with Crippen LogP contribution in [-0.4, -0.2) is 10.7 Å². The van der Waals surface area contributed by atoms with Crippen molar-refractivity contribution in [2.24, 2.45) is 0 Å².